The highest BCUT2D eigenvalue weighted by Crippen LogP contribution is 2.52. The number of anilines is 1. The number of nitrogens with zero attached hydrogens (tertiary/aromatic N) is 2. The quantitative estimate of drug-likeness (QED) is 0.104. The fraction of sp³-hybridized carbons (Fsp3) is 0.314. The van der Waals surface area contributed by atoms with Crippen molar-refractivity contribution in [2.45, 2.75) is 39.2 Å². The Bertz CT molecular complexity index is 1640. The van der Waals surface area contributed by atoms with Crippen molar-refractivity contribution < 1.29 is 24.4 Å². The number of benzene rings is 3. The largest absolute Gasteiger partial charge is 0.507 e. The second kappa shape index (κ2) is 11.6. The molecule has 3 aromatic carbocycles. The summed E-state index contributed by atoms with van der Waals surface area (Å²) in [5.41, 5.74) is 5.25. The fourth-order valence-corrected chi connectivity index (χ4v) is 6.99. The van der Waals surface area contributed by atoms with Crippen LogP contribution in [0.2, 0.25) is 0 Å². The van der Waals surface area contributed by atoms with E-state index in [1.807, 2.05) is 36.4 Å². The number of hydrogen-bond donors (Lipinski definition) is 1. The first kappa shape index (κ1) is 28.6. The summed E-state index contributed by atoms with van der Waals surface area (Å²) >= 11 is 0. The lowest BCUT2D eigenvalue weighted by molar-refractivity contribution is -0.384. The Labute approximate surface area is 250 Å². The third kappa shape index (κ3) is 5.27. The van der Waals surface area contributed by atoms with E-state index >= 15 is 0 Å². The number of para-hydroxylation sites is 1. The van der Waals surface area contributed by atoms with Gasteiger partial charge in [-0.25, -0.2) is 4.90 Å². The summed E-state index contributed by atoms with van der Waals surface area (Å²) in [6, 6.07) is 23.0. The molecule has 220 valence electrons. The van der Waals surface area contributed by atoms with E-state index in [0.717, 1.165) is 27.2 Å². The molecule has 0 spiro atoms. The number of ether oxygens (including phenoxy) is 1. The van der Waals surface area contributed by atoms with Gasteiger partial charge in [-0.05, 0) is 60.1 Å². The molecule has 4 atom stereocenters. The van der Waals surface area contributed by atoms with Crippen LogP contribution in [0.1, 0.15) is 44.2 Å². The van der Waals surface area contributed by atoms with Gasteiger partial charge in [0.05, 0.1) is 35.2 Å². The minimum absolute atomic E-state index is 0.162. The summed E-state index contributed by atoms with van der Waals surface area (Å²) in [6.45, 7) is 4.58. The first-order valence-corrected chi connectivity index (χ1v) is 14.7. The maximum absolute atomic E-state index is 13.9. The summed E-state index contributed by atoms with van der Waals surface area (Å²) in [4.78, 5) is 39.6. The van der Waals surface area contributed by atoms with Gasteiger partial charge in [0.25, 0.3) is 5.69 Å². The number of aromatic hydroxyl groups is 1. The molecule has 2 aliphatic heterocycles. The van der Waals surface area contributed by atoms with E-state index in [9.17, 15) is 24.8 Å². The number of allylic oxidation sites excluding steroid dienone is 2. The highest BCUT2D eigenvalue weighted by Gasteiger charge is 2.57. The molecular formula is C35H34N2O6. The van der Waals surface area contributed by atoms with Crippen LogP contribution in [0.4, 0.5) is 11.4 Å². The third-order valence-corrected chi connectivity index (χ3v) is 9.03. The van der Waals surface area contributed by atoms with Gasteiger partial charge in [-0.1, -0.05) is 74.0 Å². The van der Waals surface area contributed by atoms with Gasteiger partial charge in [0.1, 0.15) is 5.75 Å². The normalized spacial score (nSPS) is 23.6. The van der Waals surface area contributed by atoms with Crippen LogP contribution in [0.3, 0.4) is 0 Å². The van der Waals surface area contributed by atoms with E-state index < -0.39 is 16.8 Å². The molecule has 3 aliphatic rings. The van der Waals surface area contributed by atoms with Crippen molar-refractivity contribution in [1.29, 1.82) is 0 Å². The van der Waals surface area contributed by atoms with E-state index in [4.69, 9.17) is 4.74 Å². The molecule has 0 unspecified atom stereocenters. The van der Waals surface area contributed by atoms with E-state index in [1.54, 1.807) is 18.2 Å². The SMILES string of the molecule is CC(C)C1=C2[C@@H](CC/C(=C/c3ccccc3O)c3ccccc3)OC[C@@H]2[C@@H]2C(=O)N(c3cccc([N+](=O)[O-])c3)C(=O)[C@@H]2C1. The second-order valence-electron chi connectivity index (χ2n) is 11.8. The molecule has 0 bridgehead atoms. The van der Waals surface area contributed by atoms with Crippen LogP contribution in [0, 0.1) is 33.8 Å². The zero-order valence-electron chi connectivity index (χ0n) is 24.2. The number of nitro benzene ring substituents is 1. The Morgan fingerprint density at radius 3 is 2.49 bits per heavy atom. The molecule has 0 radical (unpaired) electrons. The Morgan fingerprint density at radius 1 is 1.02 bits per heavy atom. The Hall–Kier alpha value is -4.56. The van der Waals surface area contributed by atoms with Gasteiger partial charge in [-0.15, -0.1) is 0 Å². The molecule has 6 rings (SSSR count). The molecule has 1 aliphatic carbocycles. The van der Waals surface area contributed by atoms with Gasteiger partial charge < -0.3 is 9.84 Å². The van der Waals surface area contributed by atoms with Crippen LogP contribution < -0.4 is 4.90 Å². The summed E-state index contributed by atoms with van der Waals surface area (Å²) in [5.74, 6) is -1.51. The molecule has 2 amide bonds. The van der Waals surface area contributed by atoms with Gasteiger partial charge in [-0.2, -0.15) is 0 Å². The average Bonchev–Trinajstić information content (AvgIpc) is 3.54. The highest BCUT2D eigenvalue weighted by atomic mass is 16.6. The molecule has 8 heteroatoms. The van der Waals surface area contributed by atoms with E-state index in [-0.39, 0.29) is 46.9 Å². The molecule has 8 nitrogen and oxygen atoms in total. The van der Waals surface area contributed by atoms with Crippen LogP contribution in [0.15, 0.2) is 90.0 Å². The number of non-ortho nitro benzene ring substituents is 1. The number of hydrogen-bond acceptors (Lipinski definition) is 6. The zero-order chi connectivity index (χ0) is 30.2. The summed E-state index contributed by atoms with van der Waals surface area (Å²) in [6.07, 6.45) is 3.66. The van der Waals surface area contributed by atoms with Gasteiger partial charge in [0.15, 0.2) is 0 Å². The number of nitro groups is 1. The first-order chi connectivity index (χ1) is 20.7. The summed E-state index contributed by atoms with van der Waals surface area (Å²) in [5, 5.41) is 21.8. The van der Waals surface area contributed by atoms with Crippen LogP contribution >= 0.6 is 0 Å². The number of phenolic OH excluding ortho intramolecular Hbond substituents is 1. The molecule has 0 aromatic heterocycles. The van der Waals surface area contributed by atoms with Gasteiger partial charge in [-0.3, -0.25) is 19.7 Å². The minimum Gasteiger partial charge on any atom is -0.507 e. The molecule has 0 saturated carbocycles. The van der Waals surface area contributed by atoms with E-state index in [2.05, 4.69) is 26.0 Å². The molecule has 43 heavy (non-hydrogen) atoms. The molecule has 1 N–H and O–H groups in total. The van der Waals surface area contributed by atoms with Crippen molar-refractivity contribution in [2.75, 3.05) is 11.5 Å². The number of fused-ring (bicyclic) bond motifs is 3. The Kier molecular flexibility index (Phi) is 7.71. The lowest BCUT2D eigenvalue weighted by atomic mass is 9.67. The van der Waals surface area contributed by atoms with Crippen molar-refractivity contribution >= 4 is 34.8 Å². The smallest absolute Gasteiger partial charge is 0.271 e. The molecule has 2 fully saturated rings. The van der Waals surface area contributed by atoms with Crippen LogP contribution in [0.5, 0.6) is 5.75 Å². The third-order valence-electron chi connectivity index (χ3n) is 9.03. The molecular weight excluding hydrogens is 544 g/mol. The maximum atomic E-state index is 13.9. The predicted molar refractivity (Wildman–Crippen MR) is 164 cm³/mol. The maximum Gasteiger partial charge on any atom is 0.271 e. The van der Waals surface area contributed by atoms with E-state index in [0.29, 0.717) is 25.9 Å². The van der Waals surface area contributed by atoms with Crippen molar-refractivity contribution in [1.82, 2.24) is 0 Å². The Morgan fingerprint density at radius 2 is 1.77 bits per heavy atom. The van der Waals surface area contributed by atoms with Crippen LogP contribution in [-0.4, -0.2) is 34.6 Å². The van der Waals surface area contributed by atoms with Crippen molar-refractivity contribution in [3.8, 4) is 5.75 Å². The zero-order valence-corrected chi connectivity index (χ0v) is 24.2. The Balaban J connectivity index is 1.30. The summed E-state index contributed by atoms with van der Waals surface area (Å²) in [7, 11) is 0. The van der Waals surface area contributed by atoms with Crippen molar-refractivity contribution in [3.63, 3.8) is 0 Å². The van der Waals surface area contributed by atoms with Gasteiger partial charge in [0, 0.05) is 23.6 Å². The molecule has 2 saturated heterocycles. The minimum atomic E-state index is -0.556. The van der Waals surface area contributed by atoms with Gasteiger partial charge >= 0.3 is 0 Å². The van der Waals surface area contributed by atoms with Crippen molar-refractivity contribution in [3.05, 3.63) is 111 Å². The number of imide groups is 1. The number of rotatable bonds is 8. The van der Waals surface area contributed by atoms with Gasteiger partial charge in [0.2, 0.25) is 11.8 Å². The lowest BCUT2D eigenvalue weighted by Crippen LogP contribution is -2.35. The van der Waals surface area contributed by atoms with Crippen LogP contribution in [0.25, 0.3) is 11.6 Å². The molecule has 3 aromatic rings. The second-order valence-corrected chi connectivity index (χ2v) is 11.8. The lowest BCUT2D eigenvalue weighted by Gasteiger charge is -2.33. The standard InChI is InChI=1S/C35H34N2O6/c1-21(2)27-19-28-33(35(40)36(34(28)39)25-12-8-13-26(18-25)37(41)42)29-20-43-31(32(27)29)16-15-23(22-9-4-3-5-10-22)17-24-11-6-7-14-30(24)38/h3-14,17-18,21,28-29,31,33,38H,15-16,19-20H2,1-2H3/b23-17-/t28-,29+,31-,33-/m1/s1. The number of carbonyl (C=O) groups excluding carboxylic acids is 2. The number of amides is 2. The average molecular weight is 579 g/mol. The van der Waals surface area contributed by atoms with Crippen molar-refractivity contribution in [2.24, 2.45) is 23.7 Å². The monoisotopic (exact) mass is 578 g/mol. The van der Waals surface area contributed by atoms with Crippen LogP contribution in [-0.2, 0) is 14.3 Å². The fourth-order valence-electron chi connectivity index (χ4n) is 6.99. The first-order valence-electron chi connectivity index (χ1n) is 14.7. The summed E-state index contributed by atoms with van der Waals surface area (Å²) < 4.78 is 6.42. The van der Waals surface area contributed by atoms with E-state index in [1.165, 1.54) is 23.8 Å². The number of phenols is 1. The highest BCUT2D eigenvalue weighted by molar-refractivity contribution is 6.22. The molecule has 2 heterocycles. The topological polar surface area (TPSA) is 110 Å². The predicted octanol–water partition coefficient (Wildman–Crippen LogP) is 6.80. The number of carbonyl (C=O) groups is 2.